The summed E-state index contributed by atoms with van der Waals surface area (Å²) in [7, 11) is 1.48. The lowest BCUT2D eigenvalue weighted by Gasteiger charge is -2.52. The average Bonchev–Trinajstić information content (AvgIpc) is 3.74. The molecule has 4 aliphatic carbocycles. The zero-order chi connectivity index (χ0) is 24.2. The molecular formula is C30H32N2O3. The van der Waals surface area contributed by atoms with Crippen LogP contribution in [0.1, 0.15) is 78.8 Å². The fourth-order valence-corrected chi connectivity index (χ4v) is 6.42. The van der Waals surface area contributed by atoms with Crippen LogP contribution >= 0.6 is 0 Å². The Balaban J connectivity index is 1.40. The van der Waals surface area contributed by atoms with E-state index in [9.17, 15) is 9.59 Å². The predicted octanol–water partition coefficient (Wildman–Crippen LogP) is 6.08. The van der Waals surface area contributed by atoms with Gasteiger partial charge >= 0.3 is 5.97 Å². The quantitative estimate of drug-likeness (QED) is 0.461. The number of pyridine rings is 1. The van der Waals surface area contributed by atoms with Crippen LogP contribution in [-0.4, -0.2) is 29.5 Å². The van der Waals surface area contributed by atoms with Gasteiger partial charge in [-0.15, -0.1) is 0 Å². The van der Waals surface area contributed by atoms with Gasteiger partial charge in [0.2, 0.25) is 0 Å². The maximum Gasteiger partial charge on any atom is 0.311 e. The Morgan fingerprint density at radius 2 is 1.66 bits per heavy atom. The number of nitrogens with one attached hydrogen (secondary N) is 1. The molecule has 4 saturated carbocycles. The van der Waals surface area contributed by atoms with Crippen molar-refractivity contribution in [1.29, 1.82) is 0 Å². The summed E-state index contributed by atoms with van der Waals surface area (Å²) in [6.07, 6.45) is 7.20. The van der Waals surface area contributed by atoms with Gasteiger partial charge in [0.25, 0.3) is 5.91 Å². The third-order valence-corrected chi connectivity index (χ3v) is 8.82. The summed E-state index contributed by atoms with van der Waals surface area (Å²) in [5.41, 5.74) is 5.08. The van der Waals surface area contributed by atoms with Gasteiger partial charge in [-0.3, -0.25) is 9.59 Å². The zero-order valence-electron chi connectivity index (χ0n) is 20.5. The number of benzene rings is 2. The van der Waals surface area contributed by atoms with Crippen molar-refractivity contribution in [2.24, 2.45) is 5.41 Å². The minimum absolute atomic E-state index is 0.0208. The third-order valence-electron chi connectivity index (χ3n) is 8.82. The average molecular weight is 469 g/mol. The van der Waals surface area contributed by atoms with Crippen LogP contribution in [0, 0.1) is 12.3 Å². The summed E-state index contributed by atoms with van der Waals surface area (Å²) in [6, 6.07) is 16.6. The van der Waals surface area contributed by atoms with Gasteiger partial charge in [0.15, 0.2) is 0 Å². The number of carbonyl (C=O) groups excluding carboxylic acids is 2. The molecule has 0 saturated heterocycles. The topological polar surface area (TPSA) is 68.3 Å². The first kappa shape index (κ1) is 22.3. The normalized spacial score (nSPS) is 25.4. The van der Waals surface area contributed by atoms with Crippen LogP contribution in [0.25, 0.3) is 22.2 Å². The van der Waals surface area contributed by atoms with Crippen molar-refractivity contribution in [3.8, 4) is 11.3 Å². The Morgan fingerprint density at radius 1 is 0.971 bits per heavy atom. The second-order valence-electron chi connectivity index (χ2n) is 10.9. The smallest absolute Gasteiger partial charge is 0.311 e. The second kappa shape index (κ2) is 8.18. The minimum atomic E-state index is -0.361. The van der Waals surface area contributed by atoms with Gasteiger partial charge in [-0.05, 0) is 87.5 Å². The first-order valence-electron chi connectivity index (χ1n) is 12.8. The van der Waals surface area contributed by atoms with E-state index in [1.54, 1.807) is 0 Å². The number of ether oxygens (including phenoxy) is 1. The maximum absolute atomic E-state index is 14.0. The highest BCUT2D eigenvalue weighted by atomic mass is 16.5. The number of amides is 1. The first-order chi connectivity index (χ1) is 16.9. The summed E-state index contributed by atoms with van der Waals surface area (Å²) in [6.45, 7) is 2.02. The lowest BCUT2D eigenvalue weighted by molar-refractivity contribution is -0.160. The highest BCUT2D eigenvalue weighted by Crippen LogP contribution is 2.53. The van der Waals surface area contributed by atoms with Crippen LogP contribution in [0.15, 0.2) is 48.5 Å². The summed E-state index contributed by atoms with van der Waals surface area (Å²) < 4.78 is 5.11. The number of hydrogen-bond acceptors (Lipinski definition) is 4. The SMILES string of the molecule is COC(=O)C12CCC(NC(=O)c3c(C)c(-c4ccccc4)nc4ccc(C5CC5)cc34)(CC1)CC2. The Labute approximate surface area is 206 Å². The monoisotopic (exact) mass is 468 g/mol. The molecule has 4 fully saturated rings. The molecule has 2 aromatic carbocycles. The van der Waals surface area contributed by atoms with Crippen LogP contribution in [0.4, 0.5) is 0 Å². The molecule has 7 rings (SSSR count). The predicted molar refractivity (Wildman–Crippen MR) is 136 cm³/mol. The molecule has 1 heterocycles. The van der Waals surface area contributed by atoms with E-state index in [1.807, 2.05) is 25.1 Å². The molecule has 2 bridgehead atoms. The Bertz CT molecular complexity index is 1300. The van der Waals surface area contributed by atoms with Crippen molar-refractivity contribution in [3.63, 3.8) is 0 Å². The lowest BCUT2D eigenvalue weighted by Crippen LogP contribution is -2.58. The van der Waals surface area contributed by atoms with Gasteiger partial charge < -0.3 is 10.1 Å². The van der Waals surface area contributed by atoms with Crippen LogP contribution in [0.2, 0.25) is 0 Å². The van der Waals surface area contributed by atoms with Gasteiger partial charge in [-0.1, -0.05) is 36.4 Å². The summed E-state index contributed by atoms with van der Waals surface area (Å²) >= 11 is 0. The fourth-order valence-electron chi connectivity index (χ4n) is 6.42. The Kier molecular flexibility index (Phi) is 5.21. The highest BCUT2D eigenvalue weighted by Gasteiger charge is 2.53. The molecule has 3 aromatic rings. The van der Waals surface area contributed by atoms with Crippen molar-refractivity contribution in [2.75, 3.05) is 7.11 Å². The van der Waals surface area contributed by atoms with Gasteiger partial charge in [-0.25, -0.2) is 4.98 Å². The van der Waals surface area contributed by atoms with E-state index < -0.39 is 0 Å². The summed E-state index contributed by atoms with van der Waals surface area (Å²) in [5, 5.41) is 4.41. The molecule has 0 unspecified atom stereocenters. The van der Waals surface area contributed by atoms with Gasteiger partial charge in [0, 0.05) is 16.5 Å². The van der Waals surface area contributed by atoms with Gasteiger partial charge in [0.1, 0.15) is 0 Å². The summed E-state index contributed by atoms with van der Waals surface area (Å²) in [5.74, 6) is 0.492. The van der Waals surface area contributed by atoms with E-state index in [-0.39, 0.29) is 22.8 Å². The number of esters is 1. The molecule has 35 heavy (non-hydrogen) atoms. The van der Waals surface area contributed by atoms with Crippen molar-refractivity contribution in [1.82, 2.24) is 10.3 Å². The molecule has 4 aliphatic rings. The van der Waals surface area contributed by atoms with Crippen molar-refractivity contribution in [2.45, 2.75) is 69.7 Å². The number of nitrogens with zero attached hydrogens (tertiary/aromatic N) is 1. The van der Waals surface area contributed by atoms with Crippen LogP contribution in [0.5, 0.6) is 0 Å². The van der Waals surface area contributed by atoms with Crippen LogP contribution < -0.4 is 5.32 Å². The number of fused-ring (bicyclic) bond motifs is 4. The number of methoxy groups -OCH3 is 1. The lowest BCUT2D eigenvalue weighted by atomic mass is 9.57. The number of aromatic nitrogens is 1. The molecule has 5 heteroatoms. The molecule has 1 aromatic heterocycles. The zero-order valence-corrected chi connectivity index (χ0v) is 20.5. The third kappa shape index (κ3) is 3.72. The Hall–Kier alpha value is -3.21. The van der Waals surface area contributed by atoms with Crippen molar-refractivity contribution in [3.05, 3.63) is 65.2 Å². The molecule has 1 N–H and O–H groups in total. The summed E-state index contributed by atoms with van der Waals surface area (Å²) in [4.78, 5) is 31.5. The molecular weight excluding hydrogens is 436 g/mol. The molecule has 1 amide bonds. The highest BCUT2D eigenvalue weighted by molar-refractivity contribution is 6.09. The molecule has 180 valence electrons. The molecule has 0 aliphatic heterocycles. The Morgan fingerprint density at radius 3 is 2.29 bits per heavy atom. The first-order valence-corrected chi connectivity index (χ1v) is 12.8. The molecule has 0 atom stereocenters. The van der Waals surface area contributed by atoms with E-state index in [1.165, 1.54) is 25.5 Å². The molecule has 5 nitrogen and oxygen atoms in total. The fraction of sp³-hybridized carbons (Fsp3) is 0.433. The van der Waals surface area contributed by atoms with E-state index in [0.29, 0.717) is 5.92 Å². The van der Waals surface area contributed by atoms with E-state index in [0.717, 1.165) is 71.8 Å². The molecule has 0 spiro atoms. The number of hydrogen-bond donors (Lipinski definition) is 1. The second-order valence-corrected chi connectivity index (χ2v) is 10.9. The van der Waals surface area contributed by atoms with E-state index >= 15 is 0 Å². The molecule has 0 radical (unpaired) electrons. The van der Waals surface area contributed by atoms with Gasteiger partial charge in [-0.2, -0.15) is 0 Å². The standard InChI is InChI=1S/C30H32N2O3/c1-19-25(27(33)32-30-15-12-29(13-16-30,14-17-30)28(34)35-2)23-18-22(20-8-9-20)10-11-24(23)31-26(19)21-6-4-3-5-7-21/h3-7,10-11,18,20H,8-9,12-17H2,1-2H3,(H,32,33). The van der Waals surface area contributed by atoms with Crippen molar-refractivity contribution < 1.29 is 14.3 Å². The number of carbonyl (C=O) groups is 2. The van der Waals surface area contributed by atoms with E-state index in [4.69, 9.17) is 9.72 Å². The van der Waals surface area contributed by atoms with Crippen LogP contribution in [0.3, 0.4) is 0 Å². The maximum atomic E-state index is 14.0. The largest absolute Gasteiger partial charge is 0.469 e. The van der Waals surface area contributed by atoms with Crippen LogP contribution in [-0.2, 0) is 9.53 Å². The van der Waals surface area contributed by atoms with Crippen molar-refractivity contribution >= 4 is 22.8 Å². The van der Waals surface area contributed by atoms with Gasteiger partial charge in [0.05, 0.1) is 29.3 Å². The minimum Gasteiger partial charge on any atom is -0.469 e. The van der Waals surface area contributed by atoms with E-state index in [2.05, 4.69) is 35.6 Å². The number of rotatable bonds is 5.